The van der Waals surface area contributed by atoms with Crippen LogP contribution in [0, 0.1) is 11.6 Å². The molecule has 2 aromatic heterocycles. The summed E-state index contributed by atoms with van der Waals surface area (Å²) < 4.78 is 42.2. The first-order valence-electron chi connectivity index (χ1n) is 13.4. The predicted octanol–water partition coefficient (Wildman–Crippen LogP) is 3.01. The molecule has 2 fully saturated rings. The van der Waals surface area contributed by atoms with Crippen LogP contribution >= 0.6 is 0 Å². The highest BCUT2D eigenvalue weighted by Gasteiger charge is 2.43. The van der Waals surface area contributed by atoms with E-state index in [2.05, 4.69) is 49.7 Å². The quantitative estimate of drug-likeness (QED) is 0.404. The zero-order valence-electron chi connectivity index (χ0n) is 23.3. The summed E-state index contributed by atoms with van der Waals surface area (Å²) in [5, 5.41) is 13.5. The number of halogens is 2. The molecule has 2 N–H and O–H groups in total. The summed E-state index contributed by atoms with van der Waals surface area (Å²) in [5.41, 5.74) is -0.384. The molecular formula is C26H35F2N9O3. The van der Waals surface area contributed by atoms with Crippen LogP contribution < -0.4 is 21.1 Å². The third kappa shape index (κ3) is 5.63. The van der Waals surface area contributed by atoms with E-state index < -0.39 is 17.3 Å². The average Bonchev–Trinajstić information content (AvgIpc) is 3.52. The number of piperidine rings is 1. The second kappa shape index (κ2) is 11.1. The summed E-state index contributed by atoms with van der Waals surface area (Å²) in [5.74, 6) is -1.09. The molecule has 5 rings (SSSR count). The van der Waals surface area contributed by atoms with Crippen molar-refractivity contribution in [2.45, 2.75) is 70.2 Å². The van der Waals surface area contributed by atoms with Gasteiger partial charge in [-0.05, 0) is 64.3 Å². The molecular weight excluding hydrogens is 524 g/mol. The predicted molar refractivity (Wildman–Crippen MR) is 144 cm³/mol. The van der Waals surface area contributed by atoms with E-state index in [0.717, 1.165) is 42.8 Å². The Kier molecular flexibility index (Phi) is 7.73. The highest BCUT2D eigenvalue weighted by molar-refractivity contribution is 5.63. The topological polar surface area (TPSA) is 124 Å². The minimum Gasteiger partial charge on any atom is -0.488 e. The van der Waals surface area contributed by atoms with Crippen LogP contribution in [0.3, 0.4) is 0 Å². The van der Waals surface area contributed by atoms with Crippen molar-refractivity contribution in [3.8, 4) is 11.4 Å². The summed E-state index contributed by atoms with van der Waals surface area (Å²) in [6.07, 6.45) is 4.82. The van der Waals surface area contributed by atoms with Crippen molar-refractivity contribution in [2.24, 2.45) is 7.05 Å². The molecule has 0 aliphatic carbocycles. The first-order chi connectivity index (χ1) is 19.1. The van der Waals surface area contributed by atoms with Gasteiger partial charge in [-0.2, -0.15) is 4.98 Å². The van der Waals surface area contributed by atoms with Crippen LogP contribution in [-0.4, -0.2) is 78.6 Å². The largest absolute Gasteiger partial charge is 0.488 e. The molecule has 4 heterocycles. The van der Waals surface area contributed by atoms with E-state index >= 15 is 4.39 Å². The van der Waals surface area contributed by atoms with Crippen molar-refractivity contribution < 1.29 is 18.3 Å². The number of aromatic nitrogens is 6. The lowest BCUT2D eigenvalue weighted by Crippen LogP contribution is -2.55. The number of nitrogens with zero attached hydrogens (tertiary/aromatic N) is 7. The van der Waals surface area contributed by atoms with Gasteiger partial charge in [0.15, 0.2) is 17.5 Å². The maximum atomic E-state index is 15.3. The van der Waals surface area contributed by atoms with E-state index in [1.165, 1.54) is 31.4 Å². The van der Waals surface area contributed by atoms with E-state index in [0.29, 0.717) is 6.04 Å². The molecule has 0 saturated carbocycles. The molecule has 3 atom stereocenters. The van der Waals surface area contributed by atoms with Crippen LogP contribution in [0.25, 0.3) is 5.69 Å². The van der Waals surface area contributed by atoms with Gasteiger partial charge in [-0.3, -0.25) is 4.90 Å². The number of rotatable bonds is 9. The van der Waals surface area contributed by atoms with Gasteiger partial charge < -0.3 is 20.1 Å². The van der Waals surface area contributed by atoms with Gasteiger partial charge in [-0.1, -0.05) is 5.10 Å². The van der Waals surface area contributed by atoms with Crippen LogP contribution in [0.5, 0.6) is 5.75 Å². The van der Waals surface area contributed by atoms with E-state index in [1.54, 1.807) is 6.92 Å². The van der Waals surface area contributed by atoms with Gasteiger partial charge in [-0.15, -0.1) is 4.80 Å². The number of tetrazole rings is 1. The van der Waals surface area contributed by atoms with Crippen molar-refractivity contribution in [3.63, 3.8) is 0 Å². The number of hydrogen-bond donors (Lipinski definition) is 2. The van der Waals surface area contributed by atoms with Gasteiger partial charge in [0.05, 0.1) is 18.0 Å². The molecule has 216 valence electrons. The molecule has 40 heavy (non-hydrogen) atoms. The molecule has 0 radical (unpaired) electrons. The standard InChI is InChI=1S/C26H35F2N9O3/c1-15(39-5)14-40-22-10-18(27)20(11-21(22)37-34-33-25(38)35(37)4)31-24-29-13-19(28)23(32-24)30-16-9-17-7-6-8-36(17)26(2,3)12-16/h10-11,13,15-17H,6-9,12,14H2,1-5H3,(H2,29,30,31,32)/t15-,16+,17-/m0/s1. The maximum absolute atomic E-state index is 15.3. The summed E-state index contributed by atoms with van der Waals surface area (Å²) in [6, 6.07) is 3.05. The summed E-state index contributed by atoms with van der Waals surface area (Å²) in [7, 11) is 3.01. The van der Waals surface area contributed by atoms with E-state index in [4.69, 9.17) is 9.47 Å². The number of ether oxygens (including phenoxy) is 2. The Hall–Kier alpha value is -3.65. The number of hydrogen-bond acceptors (Lipinski definition) is 10. The number of nitrogens with one attached hydrogen (secondary N) is 2. The zero-order valence-corrected chi connectivity index (χ0v) is 23.3. The van der Waals surface area contributed by atoms with E-state index in [1.807, 2.05) is 0 Å². The van der Waals surface area contributed by atoms with Crippen LogP contribution in [0.4, 0.5) is 26.2 Å². The van der Waals surface area contributed by atoms with Crippen LogP contribution in [0.15, 0.2) is 23.1 Å². The Morgan fingerprint density at radius 2 is 2.05 bits per heavy atom. The monoisotopic (exact) mass is 559 g/mol. The fourth-order valence-corrected chi connectivity index (χ4v) is 5.64. The Balaban J connectivity index is 1.41. The molecule has 14 heteroatoms. The van der Waals surface area contributed by atoms with Crippen molar-refractivity contribution in [1.82, 2.24) is 34.7 Å². The molecule has 2 saturated heterocycles. The number of methoxy groups -OCH3 is 1. The Labute approximate surface area is 230 Å². The molecule has 0 amide bonds. The summed E-state index contributed by atoms with van der Waals surface area (Å²) in [6.45, 7) is 7.46. The summed E-state index contributed by atoms with van der Waals surface area (Å²) in [4.78, 5) is 24.0. The van der Waals surface area contributed by atoms with Crippen molar-refractivity contribution in [3.05, 3.63) is 40.4 Å². The number of anilines is 3. The van der Waals surface area contributed by atoms with Crippen molar-refractivity contribution >= 4 is 17.5 Å². The molecule has 2 aliphatic rings. The van der Waals surface area contributed by atoms with E-state index in [9.17, 15) is 9.18 Å². The van der Waals surface area contributed by atoms with Crippen molar-refractivity contribution in [2.75, 3.05) is 30.9 Å². The lowest BCUT2D eigenvalue weighted by molar-refractivity contribution is 0.0500. The molecule has 0 spiro atoms. The fourth-order valence-electron chi connectivity index (χ4n) is 5.64. The SMILES string of the molecule is CO[C@@H](C)COc1cc(F)c(Nc2ncc(F)c(N[C@@H]3C[C@@H]4CCCN4C(C)(C)C3)n2)cc1-n1nnc(=O)n1C. The third-order valence-electron chi connectivity index (χ3n) is 7.70. The Morgan fingerprint density at radius 3 is 2.77 bits per heavy atom. The maximum Gasteiger partial charge on any atom is 0.383 e. The molecule has 0 unspecified atom stereocenters. The van der Waals surface area contributed by atoms with Gasteiger partial charge in [0.2, 0.25) is 5.95 Å². The van der Waals surface area contributed by atoms with Crippen LogP contribution in [0.1, 0.15) is 46.5 Å². The minimum absolute atomic E-state index is 0.000431. The normalized spacial score (nSPS) is 21.2. The van der Waals surface area contributed by atoms with Gasteiger partial charge in [0, 0.05) is 37.8 Å². The first-order valence-corrected chi connectivity index (χ1v) is 13.4. The molecule has 12 nitrogen and oxygen atoms in total. The molecule has 2 aliphatic heterocycles. The molecule has 1 aromatic carbocycles. The number of benzene rings is 1. The van der Waals surface area contributed by atoms with Crippen molar-refractivity contribution in [1.29, 1.82) is 0 Å². The Bertz CT molecular complexity index is 1430. The van der Waals surface area contributed by atoms with Gasteiger partial charge >= 0.3 is 5.69 Å². The van der Waals surface area contributed by atoms with E-state index in [-0.39, 0.29) is 53.2 Å². The fraction of sp³-hybridized carbons (Fsp3) is 0.577. The van der Waals surface area contributed by atoms with Gasteiger partial charge in [-0.25, -0.2) is 23.2 Å². The second-order valence-electron chi connectivity index (χ2n) is 11.0. The summed E-state index contributed by atoms with van der Waals surface area (Å²) >= 11 is 0. The lowest BCUT2D eigenvalue weighted by Gasteiger charge is -2.47. The highest BCUT2D eigenvalue weighted by atomic mass is 19.1. The van der Waals surface area contributed by atoms with Crippen LogP contribution in [0.2, 0.25) is 0 Å². The average molecular weight is 560 g/mol. The molecule has 0 bridgehead atoms. The van der Waals surface area contributed by atoms with Gasteiger partial charge in [0.1, 0.15) is 18.0 Å². The van der Waals surface area contributed by atoms with Crippen LogP contribution in [-0.2, 0) is 11.8 Å². The Morgan fingerprint density at radius 1 is 1.25 bits per heavy atom. The third-order valence-corrected chi connectivity index (χ3v) is 7.70. The lowest BCUT2D eigenvalue weighted by atomic mass is 9.84. The van der Waals surface area contributed by atoms with Gasteiger partial charge in [0.25, 0.3) is 0 Å². The smallest absolute Gasteiger partial charge is 0.383 e. The highest BCUT2D eigenvalue weighted by Crippen LogP contribution is 2.38. The second-order valence-corrected chi connectivity index (χ2v) is 11.0. The minimum atomic E-state index is -0.674. The molecule has 3 aromatic rings. The first kappa shape index (κ1) is 27.9. The number of fused-ring (bicyclic) bond motifs is 1. The zero-order chi connectivity index (χ0) is 28.6.